The Bertz CT molecular complexity index is 502. The Hall–Kier alpha value is -1.86. The molecule has 0 aliphatic carbocycles. The molecule has 0 unspecified atom stereocenters. The Morgan fingerprint density at radius 1 is 1.35 bits per heavy atom. The summed E-state index contributed by atoms with van der Waals surface area (Å²) in [4.78, 5) is 10.7. The van der Waals surface area contributed by atoms with E-state index in [1.165, 1.54) is 26.4 Å². The van der Waals surface area contributed by atoms with Gasteiger partial charge in [-0.05, 0) is 6.07 Å². The van der Waals surface area contributed by atoms with Crippen LogP contribution in [0.5, 0.6) is 11.5 Å². The first kappa shape index (κ1) is 16.2. The van der Waals surface area contributed by atoms with Crippen LogP contribution in [0.1, 0.15) is 25.5 Å². The lowest BCUT2D eigenvalue weighted by molar-refractivity contribution is -0.386. The summed E-state index contributed by atoms with van der Waals surface area (Å²) in [6.07, 6.45) is 0. The quantitative estimate of drug-likeness (QED) is 0.607. The maximum Gasteiger partial charge on any atom is 0.278 e. The average molecular weight is 284 g/mol. The van der Waals surface area contributed by atoms with Gasteiger partial charge in [-0.1, -0.05) is 13.8 Å². The Labute approximate surface area is 117 Å². The van der Waals surface area contributed by atoms with Gasteiger partial charge in [0.15, 0.2) is 11.5 Å². The summed E-state index contributed by atoms with van der Waals surface area (Å²) >= 11 is 0. The number of aliphatic hydroxyl groups is 1. The van der Waals surface area contributed by atoms with E-state index in [9.17, 15) is 15.2 Å². The molecule has 0 spiro atoms. The largest absolute Gasteiger partial charge is 0.493 e. The predicted octanol–water partition coefficient (Wildman–Crippen LogP) is 1.63. The third kappa shape index (κ3) is 3.00. The van der Waals surface area contributed by atoms with Gasteiger partial charge >= 0.3 is 0 Å². The molecule has 0 fully saturated rings. The minimum Gasteiger partial charge on any atom is -0.493 e. The lowest BCUT2D eigenvalue weighted by Gasteiger charge is -2.29. The van der Waals surface area contributed by atoms with Crippen molar-refractivity contribution in [1.29, 1.82) is 0 Å². The summed E-state index contributed by atoms with van der Waals surface area (Å²) < 4.78 is 10.2. The zero-order valence-corrected chi connectivity index (χ0v) is 12.0. The van der Waals surface area contributed by atoms with Crippen LogP contribution in [0.3, 0.4) is 0 Å². The number of benzene rings is 1. The van der Waals surface area contributed by atoms with E-state index in [-0.39, 0.29) is 18.0 Å². The van der Waals surface area contributed by atoms with E-state index in [0.29, 0.717) is 11.3 Å². The SMILES string of the molecule is COc1cc([C@H](N)C(C)(C)CO)c([N+](=O)[O-])cc1OC. The van der Waals surface area contributed by atoms with Gasteiger partial charge in [0.2, 0.25) is 0 Å². The molecular formula is C13H20N2O5. The Balaban J connectivity index is 3.47. The molecule has 0 amide bonds. The summed E-state index contributed by atoms with van der Waals surface area (Å²) in [7, 11) is 2.84. The second-order valence-corrected chi connectivity index (χ2v) is 5.15. The lowest BCUT2D eigenvalue weighted by Crippen LogP contribution is -2.32. The summed E-state index contributed by atoms with van der Waals surface area (Å²) in [6, 6.07) is 2.05. The summed E-state index contributed by atoms with van der Waals surface area (Å²) in [5.41, 5.74) is 5.51. The first-order valence-electron chi connectivity index (χ1n) is 6.05. The van der Waals surface area contributed by atoms with Gasteiger partial charge in [0, 0.05) is 18.1 Å². The molecule has 1 aromatic rings. The van der Waals surface area contributed by atoms with E-state index in [1.807, 2.05) is 0 Å². The number of nitrogens with zero attached hydrogens (tertiary/aromatic N) is 1. The highest BCUT2D eigenvalue weighted by atomic mass is 16.6. The first-order valence-corrected chi connectivity index (χ1v) is 6.05. The number of hydrogen-bond donors (Lipinski definition) is 2. The van der Waals surface area contributed by atoms with Crippen molar-refractivity contribution in [1.82, 2.24) is 0 Å². The molecule has 0 aliphatic rings. The molecule has 112 valence electrons. The maximum atomic E-state index is 11.2. The van der Waals surface area contributed by atoms with Crippen LogP contribution in [0.4, 0.5) is 5.69 Å². The van der Waals surface area contributed by atoms with Crippen LogP contribution < -0.4 is 15.2 Å². The van der Waals surface area contributed by atoms with Gasteiger partial charge in [-0.3, -0.25) is 10.1 Å². The normalized spacial score (nSPS) is 12.9. The highest BCUT2D eigenvalue weighted by Gasteiger charge is 2.33. The van der Waals surface area contributed by atoms with Crippen LogP contribution in [0.15, 0.2) is 12.1 Å². The van der Waals surface area contributed by atoms with Crippen molar-refractivity contribution in [3.05, 3.63) is 27.8 Å². The molecule has 0 bridgehead atoms. The van der Waals surface area contributed by atoms with Crippen molar-refractivity contribution in [2.45, 2.75) is 19.9 Å². The van der Waals surface area contributed by atoms with Gasteiger partial charge in [-0.15, -0.1) is 0 Å². The maximum absolute atomic E-state index is 11.2. The molecule has 0 saturated heterocycles. The minimum atomic E-state index is -0.715. The molecule has 3 N–H and O–H groups in total. The Kier molecular flexibility index (Phi) is 4.91. The van der Waals surface area contributed by atoms with Gasteiger partial charge in [-0.25, -0.2) is 0 Å². The van der Waals surface area contributed by atoms with E-state index < -0.39 is 16.4 Å². The molecule has 0 heterocycles. The number of aliphatic hydroxyl groups excluding tert-OH is 1. The van der Waals surface area contributed by atoms with Crippen molar-refractivity contribution in [2.75, 3.05) is 20.8 Å². The molecule has 7 nitrogen and oxygen atoms in total. The second-order valence-electron chi connectivity index (χ2n) is 5.15. The molecule has 1 aromatic carbocycles. The van der Waals surface area contributed by atoms with Gasteiger partial charge in [-0.2, -0.15) is 0 Å². The van der Waals surface area contributed by atoms with Gasteiger partial charge in [0.25, 0.3) is 5.69 Å². The molecule has 0 saturated carbocycles. The number of rotatable bonds is 6. The topological polar surface area (TPSA) is 108 Å². The van der Waals surface area contributed by atoms with E-state index in [1.54, 1.807) is 13.8 Å². The Morgan fingerprint density at radius 3 is 2.25 bits per heavy atom. The fraction of sp³-hybridized carbons (Fsp3) is 0.538. The van der Waals surface area contributed by atoms with Gasteiger partial charge < -0.3 is 20.3 Å². The fourth-order valence-electron chi connectivity index (χ4n) is 1.81. The van der Waals surface area contributed by atoms with Crippen LogP contribution >= 0.6 is 0 Å². The zero-order valence-electron chi connectivity index (χ0n) is 12.0. The molecule has 7 heteroatoms. The number of nitrogens with two attached hydrogens (primary N) is 1. The molecule has 0 radical (unpaired) electrons. The van der Waals surface area contributed by atoms with Crippen molar-refractivity contribution < 1.29 is 19.5 Å². The summed E-state index contributed by atoms with van der Waals surface area (Å²) in [5, 5.41) is 20.6. The van der Waals surface area contributed by atoms with Crippen molar-refractivity contribution in [3.8, 4) is 11.5 Å². The van der Waals surface area contributed by atoms with Crippen molar-refractivity contribution in [3.63, 3.8) is 0 Å². The smallest absolute Gasteiger partial charge is 0.278 e. The van der Waals surface area contributed by atoms with E-state index in [2.05, 4.69) is 0 Å². The highest BCUT2D eigenvalue weighted by molar-refractivity contribution is 5.55. The van der Waals surface area contributed by atoms with Crippen LogP contribution in [0.2, 0.25) is 0 Å². The zero-order chi connectivity index (χ0) is 15.5. The molecule has 0 aromatic heterocycles. The minimum absolute atomic E-state index is 0.156. The number of methoxy groups -OCH3 is 2. The molecule has 0 aliphatic heterocycles. The Morgan fingerprint density at radius 2 is 1.85 bits per heavy atom. The summed E-state index contributed by atoms with van der Waals surface area (Å²) in [5.74, 6) is 0.620. The predicted molar refractivity (Wildman–Crippen MR) is 74.0 cm³/mol. The summed E-state index contributed by atoms with van der Waals surface area (Å²) in [6.45, 7) is 3.27. The molecule has 1 rings (SSSR count). The fourth-order valence-corrected chi connectivity index (χ4v) is 1.81. The number of nitro benzene ring substituents is 1. The third-order valence-corrected chi connectivity index (χ3v) is 3.31. The standard InChI is InChI=1S/C13H20N2O5/c1-13(2,7-16)12(14)8-5-10(19-3)11(20-4)6-9(8)15(17)18/h5-6,12,16H,7,14H2,1-4H3/t12-/m0/s1. The average Bonchev–Trinajstić information content (AvgIpc) is 2.44. The first-order chi connectivity index (χ1) is 9.28. The monoisotopic (exact) mass is 284 g/mol. The van der Waals surface area contributed by atoms with E-state index >= 15 is 0 Å². The van der Waals surface area contributed by atoms with Crippen molar-refractivity contribution in [2.24, 2.45) is 11.1 Å². The van der Waals surface area contributed by atoms with Gasteiger partial charge in [0.05, 0.1) is 30.8 Å². The number of nitro groups is 1. The highest BCUT2D eigenvalue weighted by Crippen LogP contribution is 2.41. The third-order valence-electron chi connectivity index (χ3n) is 3.31. The molecule has 20 heavy (non-hydrogen) atoms. The van der Waals surface area contributed by atoms with Crippen LogP contribution in [0, 0.1) is 15.5 Å². The number of ether oxygens (including phenoxy) is 2. The van der Waals surface area contributed by atoms with Crippen LogP contribution in [-0.4, -0.2) is 30.9 Å². The lowest BCUT2D eigenvalue weighted by atomic mass is 9.81. The van der Waals surface area contributed by atoms with E-state index in [4.69, 9.17) is 15.2 Å². The molecular weight excluding hydrogens is 264 g/mol. The number of hydrogen-bond acceptors (Lipinski definition) is 6. The van der Waals surface area contributed by atoms with Crippen molar-refractivity contribution >= 4 is 5.69 Å². The van der Waals surface area contributed by atoms with Gasteiger partial charge in [0.1, 0.15) is 0 Å². The van der Waals surface area contributed by atoms with E-state index in [0.717, 1.165) is 0 Å². The second kappa shape index (κ2) is 6.06. The molecule has 1 atom stereocenters. The van der Waals surface area contributed by atoms with Crippen LogP contribution in [0.25, 0.3) is 0 Å². The van der Waals surface area contributed by atoms with Crippen LogP contribution in [-0.2, 0) is 0 Å².